The lowest BCUT2D eigenvalue weighted by molar-refractivity contribution is 0.101. The molecule has 2 aromatic heterocycles. The van der Waals surface area contributed by atoms with Gasteiger partial charge in [0.1, 0.15) is 18.2 Å². The summed E-state index contributed by atoms with van der Waals surface area (Å²) < 4.78 is 26.8. The average molecular weight is 539 g/mol. The Bertz CT molecular complexity index is 1290. The van der Waals surface area contributed by atoms with E-state index >= 15 is 0 Å². The molecular weight excluding hydrogens is 512 g/mol. The van der Waals surface area contributed by atoms with Crippen molar-refractivity contribution < 1.29 is 22.8 Å². The highest BCUT2D eigenvalue weighted by Gasteiger charge is 2.35. The van der Waals surface area contributed by atoms with Crippen molar-refractivity contribution in [1.82, 2.24) is 9.97 Å². The first-order valence-electron chi connectivity index (χ1n) is 11.0. The third-order valence-corrected chi connectivity index (χ3v) is 7.92. The third-order valence-electron chi connectivity index (χ3n) is 6.07. The quantitative estimate of drug-likeness (QED) is 0.325. The van der Waals surface area contributed by atoms with Crippen LogP contribution in [0, 0.1) is 12.8 Å². The van der Waals surface area contributed by atoms with Crippen molar-refractivity contribution in [1.29, 1.82) is 0 Å². The topological polar surface area (TPSA) is 148 Å². The minimum Gasteiger partial charge on any atom is -0.393 e. The van der Waals surface area contributed by atoms with Crippen LogP contribution < -0.4 is 10.5 Å². The Morgan fingerprint density at radius 3 is 2.89 bits per heavy atom. The molecule has 3 aromatic rings. The normalized spacial score (nSPS) is 21.2. The van der Waals surface area contributed by atoms with Crippen molar-refractivity contribution >= 4 is 39.1 Å². The van der Waals surface area contributed by atoms with Crippen LogP contribution in [0.2, 0.25) is 5.02 Å². The number of thiophene rings is 1. The largest absolute Gasteiger partial charge is 0.393 e. The fourth-order valence-electron chi connectivity index (χ4n) is 4.31. The van der Waals surface area contributed by atoms with Crippen LogP contribution in [0.15, 0.2) is 42.9 Å². The van der Waals surface area contributed by atoms with Crippen LogP contribution in [-0.4, -0.2) is 47.4 Å². The highest BCUT2D eigenvalue weighted by Crippen LogP contribution is 2.36. The Morgan fingerprint density at radius 1 is 1.34 bits per heavy atom. The first kappa shape index (κ1) is 26.0. The summed E-state index contributed by atoms with van der Waals surface area (Å²) in [6.07, 6.45) is 2.79. The molecule has 4 atom stereocenters. The minimum atomic E-state index is -4.07. The number of benzene rings is 1. The molecule has 1 unspecified atom stereocenters. The van der Waals surface area contributed by atoms with Gasteiger partial charge in [-0.05, 0) is 55.5 Å². The Labute approximate surface area is 213 Å². The number of rotatable bonds is 9. The van der Waals surface area contributed by atoms with Gasteiger partial charge >= 0.3 is 10.3 Å². The Kier molecular flexibility index (Phi) is 8.06. The predicted molar refractivity (Wildman–Crippen MR) is 135 cm³/mol. The number of aliphatic hydroxyl groups excluding tert-OH is 2. The van der Waals surface area contributed by atoms with Crippen molar-refractivity contribution in [2.45, 2.75) is 44.4 Å². The molecule has 1 saturated carbocycles. The maximum atomic E-state index is 11.2. The van der Waals surface area contributed by atoms with Crippen molar-refractivity contribution in [3.63, 3.8) is 0 Å². The second-order valence-electron chi connectivity index (χ2n) is 8.68. The number of hydrogen-bond donors (Lipinski definition) is 4. The van der Waals surface area contributed by atoms with E-state index in [1.54, 1.807) is 6.20 Å². The van der Waals surface area contributed by atoms with Gasteiger partial charge in [0.05, 0.1) is 12.7 Å². The number of aliphatic hydroxyl groups is 2. The van der Waals surface area contributed by atoms with E-state index in [0.717, 1.165) is 20.9 Å². The van der Waals surface area contributed by atoms with Gasteiger partial charge in [-0.2, -0.15) is 8.42 Å². The zero-order chi connectivity index (χ0) is 25.2. The summed E-state index contributed by atoms with van der Waals surface area (Å²) in [6.45, 7) is 1.83. The molecule has 0 saturated heterocycles. The summed E-state index contributed by atoms with van der Waals surface area (Å²) in [5, 5.41) is 30.4. The summed E-state index contributed by atoms with van der Waals surface area (Å²) in [7, 11) is -4.07. The van der Waals surface area contributed by atoms with Gasteiger partial charge < -0.3 is 15.5 Å². The smallest absolute Gasteiger partial charge is 0.333 e. The van der Waals surface area contributed by atoms with Crippen LogP contribution >= 0.6 is 22.9 Å². The second-order valence-corrected chi connectivity index (χ2v) is 11.6. The number of nitrogens with zero attached hydrogens (tertiary/aromatic N) is 2. The van der Waals surface area contributed by atoms with E-state index in [1.165, 1.54) is 17.7 Å². The first-order chi connectivity index (χ1) is 16.6. The summed E-state index contributed by atoms with van der Waals surface area (Å²) >= 11 is 7.63. The van der Waals surface area contributed by atoms with Gasteiger partial charge in [-0.1, -0.05) is 23.7 Å². The van der Waals surface area contributed by atoms with E-state index in [4.69, 9.17) is 16.7 Å². The number of nitrogens with two attached hydrogens (primary N) is 1. The van der Waals surface area contributed by atoms with Gasteiger partial charge in [0.2, 0.25) is 0 Å². The zero-order valence-corrected chi connectivity index (χ0v) is 21.4. The lowest BCUT2D eigenvalue weighted by atomic mass is 10.0. The SMILES string of the molecule is Cc1sc(C(O)c2cncnc2N[C@@H]2C[C@H](COS(N)(=O)=O)[C@@H](O)C2)cc1Cc1cccc(Cl)c1. The third kappa shape index (κ3) is 6.76. The summed E-state index contributed by atoms with van der Waals surface area (Å²) in [5.41, 5.74) is 2.71. The highest BCUT2D eigenvalue weighted by atomic mass is 35.5. The van der Waals surface area contributed by atoms with Crippen LogP contribution in [0.5, 0.6) is 0 Å². The second kappa shape index (κ2) is 10.9. The maximum absolute atomic E-state index is 11.2. The summed E-state index contributed by atoms with van der Waals surface area (Å²) in [4.78, 5) is 10.3. The molecule has 5 N–H and O–H groups in total. The molecule has 0 bridgehead atoms. The van der Waals surface area contributed by atoms with Gasteiger partial charge in [0.15, 0.2) is 0 Å². The van der Waals surface area contributed by atoms with Gasteiger partial charge in [0.25, 0.3) is 0 Å². The van der Waals surface area contributed by atoms with Crippen LogP contribution in [0.4, 0.5) is 5.82 Å². The van der Waals surface area contributed by atoms with Crippen LogP contribution in [0.1, 0.15) is 45.4 Å². The molecule has 188 valence electrons. The molecule has 9 nitrogen and oxygen atoms in total. The minimum absolute atomic E-state index is 0.191. The van der Waals surface area contributed by atoms with E-state index in [-0.39, 0.29) is 12.6 Å². The molecule has 35 heavy (non-hydrogen) atoms. The molecule has 0 aliphatic heterocycles. The molecule has 1 aromatic carbocycles. The van der Waals surface area contributed by atoms with Crippen LogP contribution in [0.25, 0.3) is 0 Å². The number of aryl methyl sites for hydroxylation is 1. The average Bonchev–Trinajstić information content (AvgIpc) is 3.33. The number of anilines is 1. The lowest BCUT2D eigenvalue weighted by Crippen LogP contribution is -2.24. The van der Waals surface area contributed by atoms with Crippen molar-refractivity contribution in [2.24, 2.45) is 11.1 Å². The Hall–Kier alpha value is -2.12. The summed E-state index contributed by atoms with van der Waals surface area (Å²) in [6, 6.07) is 9.50. The number of aromatic nitrogens is 2. The van der Waals surface area contributed by atoms with Gasteiger partial charge in [-0.3, -0.25) is 4.18 Å². The fraction of sp³-hybridized carbons (Fsp3) is 0.391. The first-order valence-corrected chi connectivity index (χ1v) is 13.7. The molecule has 2 heterocycles. The molecule has 1 fully saturated rings. The van der Waals surface area contributed by atoms with Crippen LogP contribution in [-0.2, 0) is 20.9 Å². The van der Waals surface area contributed by atoms with E-state index in [2.05, 4.69) is 19.5 Å². The summed E-state index contributed by atoms with van der Waals surface area (Å²) in [5.74, 6) is 0.0650. The van der Waals surface area contributed by atoms with Gasteiger partial charge in [-0.25, -0.2) is 15.1 Å². The van der Waals surface area contributed by atoms with E-state index < -0.39 is 28.4 Å². The van der Waals surface area contributed by atoms with Crippen LogP contribution in [0.3, 0.4) is 0 Å². The predicted octanol–water partition coefficient (Wildman–Crippen LogP) is 2.94. The molecule has 1 aliphatic carbocycles. The van der Waals surface area contributed by atoms with E-state index in [1.807, 2.05) is 37.3 Å². The number of nitrogens with one attached hydrogen (secondary N) is 1. The molecule has 12 heteroatoms. The molecule has 0 radical (unpaired) electrons. The van der Waals surface area contributed by atoms with E-state index in [9.17, 15) is 18.6 Å². The van der Waals surface area contributed by atoms with Crippen molar-refractivity contribution in [2.75, 3.05) is 11.9 Å². The zero-order valence-electron chi connectivity index (χ0n) is 19.0. The molecule has 4 rings (SSSR count). The Morgan fingerprint density at radius 2 is 2.14 bits per heavy atom. The maximum Gasteiger partial charge on any atom is 0.333 e. The molecule has 0 amide bonds. The Balaban J connectivity index is 1.47. The van der Waals surface area contributed by atoms with Gasteiger partial charge in [0, 0.05) is 38.5 Å². The standard InChI is InChI=1S/C23H27ClN4O5S2/c1-13-15(5-14-3-2-4-17(24)6-14)8-21(34-13)22(30)19-10-26-12-27-23(19)28-18-7-16(20(29)9-18)11-33-35(25,31)32/h2-4,6,8,10,12,16,18,20,22,29-30H,5,7,9,11H2,1H3,(H2,25,31,32)(H,26,27,28)/t16-,18-,20+,22?/m1/s1. The van der Waals surface area contributed by atoms with Gasteiger partial charge in [-0.15, -0.1) is 11.3 Å². The number of halogens is 1. The van der Waals surface area contributed by atoms with Crippen molar-refractivity contribution in [3.05, 3.63) is 74.3 Å². The molecule has 0 spiro atoms. The number of hydrogen-bond acceptors (Lipinski definition) is 9. The van der Waals surface area contributed by atoms with E-state index in [0.29, 0.717) is 35.7 Å². The monoisotopic (exact) mass is 538 g/mol. The lowest BCUT2D eigenvalue weighted by Gasteiger charge is -2.18. The molecule has 1 aliphatic rings. The molecular formula is C23H27ClN4O5S2. The highest BCUT2D eigenvalue weighted by molar-refractivity contribution is 7.84. The van der Waals surface area contributed by atoms with Crippen molar-refractivity contribution in [3.8, 4) is 0 Å². The fourth-order valence-corrected chi connectivity index (χ4v) is 5.94.